The number of ether oxygens (including phenoxy) is 1. The maximum atomic E-state index is 11.7. The molecule has 0 heterocycles. The summed E-state index contributed by atoms with van der Waals surface area (Å²) < 4.78 is 4.99. The van der Waals surface area contributed by atoms with Crippen LogP contribution in [0.2, 0.25) is 0 Å². The van der Waals surface area contributed by atoms with E-state index in [0.717, 1.165) is 18.8 Å². The lowest BCUT2D eigenvalue weighted by molar-refractivity contribution is -0.172. The minimum absolute atomic E-state index is 0.132. The summed E-state index contributed by atoms with van der Waals surface area (Å²) >= 11 is 0. The highest BCUT2D eigenvalue weighted by Crippen LogP contribution is 2.21. The molecule has 3 N–H and O–H groups in total. The smallest absolute Gasteiger partial charge is 0.336 e. The van der Waals surface area contributed by atoms with Gasteiger partial charge in [-0.25, -0.2) is 4.79 Å². The van der Waals surface area contributed by atoms with Crippen molar-refractivity contribution in [3.05, 3.63) is 0 Å². The first-order valence-corrected chi connectivity index (χ1v) is 10.3. The molecule has 28 heavy (non-hydrogen) atoms. The molecule has 0 radical (unpaired) electrons. The van der Waals surface area contributed by atoms with Crippen LogP contribution >= 0.6 is 0 Å². The molecule has 164 valence electrons. The molecule has 0 amide bonds. The van der Waals surface area contributed by atoms with Crippen molar-refractivity contribution in [2.75, 3.05) is 6.61 Å². The number of carbonyl (C=O) groups is 3. The Morgan fingerprint density at radius 1 is 0.821 bits per heavy atom. The quantitative estimate of drug-likeness (QED) is 0.335. The van der Waals surface area contributed by atoms with E-state index < -0.39 is 36.4 Å². The third-order valence-corrected chi connectivity index (χ3v) is 5.02. The van der Waals surface area contributed by atoms with Crippen molar-refractivity contribution >= 4 is 17.9 Å². The molecule has 0 spiro atoms. The van der Waals surface area contributed by atoms with Gasteiger partial charge in [0.25, 0.3) is 0 Å². The Labute approximate surface area is 168 Å². The lowest BCUT2D eigenvalue weighted by Gasteiger charge is -2.20. The zero-order valence-electron chi connectivity index (χ0n) is 17.8. The fraction of sp³-hybridized carbons (Fsp3) is 0.857. The molecule has 0 aromatic carbocycles. The first kappa shape index (κ1) is 26.4. The summed E-state index contributed by atoms with van der Waals surface area (Å²) in [6, 6.07) is 0. The number of carbonyl (C=O) groups excluding carboxylic acids is 1. The molecular formula is C21H38O7. The van der Waals surface area contributed by atoms with Gasteiger partial charge >= 0.3 is 17.9 Å². The Kier molecular flexibility index (Phi) is 12.7. The first-order chi connectivity index (χ1) is 13.0. The highest BCUT2D eigenvalue weighted by molar-refractivity contribution is 5.88. The van der Waals surface area contributed by atoms with Crippen LogP contribution in [0.1, 0.15) is 85.5 Å². The summed E-state index contributed by atoms with van der Waals surface area (Å²) in [5, 5.41) is 27.4. The molecule has 3 atom stereocenters. The van der Waals surface area contributed by atoms with Crippen LogP contribution in [0.15, 0.2) is 0 Å². The Morgan fingerprint density at radius 3 is 1.79 bits per heavy atom. The van der Waals surface area contributed by atoms with Crippen LogP contribution in [0, 0.1) is 17.8 Å². The maximum absolute atomic E-state index is 11.7. The number of hydrogen-bond donors (Lipinski definition) is 3. The predicted molar refractivity (Wildman–Crippen MR) is 106 cm³/mol. The van der Waals surface area contributed by atoms with Crippen LogP contribution in [0.3, 0.4) is 0 Å². The highest BCUT2D eigenvalue weighted by Gasteiger charge is 2.41. The molecule has 7 nitrogen and oxygen atoms in total. The van der Waals surface area contributed by atoms with Gasteiger partial charge in [-0.2, -0.15) is 0 Å². The fourth-order valence-corrected chi connectivity index (χ4v) is 3.11. The summed E-state index contributed by atoms with van der Waals surface area (Å²) in [6.07, 6.45) is 5.86. The van der Waals surface area contributed by atoms with Crippen LogP contribution in [0.5, 0.6) is 0 Å². The number of hydrogen-bond acceptors (Lipinski definition) is 5. The molecule has 7 heteroatoms. The van der Waals surface area contributed by atoms with Crippen molar-refractivity contribution in [1.82, 2.24) is 0 Å². The minimum Gasteiger partial charge on any atom is -0.481 e. The summed E-state index contributed by atoms with van der Waals surface area (Å²) in [6.45, 7) is 8.98. The first-order valence-electron chi connectivity index (χ1n) is 10.3. The van der Waals surface area contributed by atoms with E-state index in [1.165, 1.54) is 25.7 Å². The number of aliphatic carboxylic acids is 2. The van der Waals surface area contributed by atoms with Gasteiger partial charge in [0, 0.05) is 0 Å². The van der Waals surface area contributed by atoms with Crippen molar-refractivity contribution in [2.24, 2.45) is 17.8 Å². The van der Waals surface area contributed by atoms with Crippen LogP contribution in [0.4, 0.5) is 0 Å². The summed E-state index contributed by atoms with van der Waals surface area (Å²) in [5.74, 6) is -2.31. The van der Waals surface area contributed by atoms with Gasteiger partial charge < -0.3 is 20.1 Å². The number of esters is 1. The number of rotatable bonds is 16. The van der Waals surface area contributed by atoms with E-state index >= 15 is 0 Å². The van der Waals surface area contributed by atoms with E-state index in [4.69, 9.17) is 14.9 Å². The standard InChI is InChI=1S/C21H38O7/c1-15(2)7-5-8-16(3)9-6-10-17(4)11-12-28-19(24)14-21(27,20(25)26)13-18(22)23/h15-17,27H,5-14H2,1-4H3,(H,22,23)(H,25,26). The van der Waals surface area contributed by atoms with Crippen molar-refractivity contribution in [1.29, 1.82) is 0 Å². The molecule has 0 aromatic heterocycles. The van der Waals surface area contributed by atoms with Crippen LogP contribution in [-0.2, 0) is 19.1 Å². The number of aliphatic hydroxyl groups is 1. The second kappa shape index (κ2) is 13.5. The Hall–Kier alpha value is -1.63. The molecule has 0 saturated heterocycles. The van der Waals surface area contributed by atoms with E-state index in [9.17, 15) is 19.5 Å². The third kappa shape index (κ3) is 12.7. The normalized spacial score (nSPS) is 15.6. The zero-order chi connectivity index (χ0) is 21.7. The molecule has 0 aromatic rings. The van der Waals surface area contributed by atoms with E-state index in [-0.39, 0.29) is 6.61 Å². The van der Waals surface area contributed by atoms with Gasteiger partial charge in [-0.15, -0.1) is 0 Å². The predicted octanol–water partition coefficient (Wildman–Crippen LogP) is 3.87. The number of carboxylic acid groups (broad SMARTS) is 2. The molecule has 0 aliphatic carbocycles. The Balaban J connectivity index is 4.01. The molecule has 0 rings (SSSR count). The second-order valence-corrected chi connectivity index (χ2v) is 8.56. The molecule has 0 fully saturated rings. The Morgan fingerprint density at radius 2 is 1.32 bits per heavy atom. The summed E-state index contributed by atoms with van der Waals surface area (Å²) in [7, 11) is 0. The summed E-state index contributed by atoms with van der Waals surface area (Å²) in [5.41, 5.74) is -2.64. The molecule has 0 saturated carbocycles. The van der Waals surface area contributed by atoms with Crippen molar-refractivity contribution in [3.8, 4) is 0 Å². The van der Waals surface area contributed by atoms with Gasteiger partial charge in [0.1, 0.15) is 0 Å². The highest BCUT2D eigenvalue weighted by atomic mass is 16.5. The van der Waals surface area contributed by atoms with Gasteiger partial charge in [0.15, 0.2) is 5.60 Å². The number of carboxylic acids is 2. The average Bonchev–Trinajstić information content (AvgIpc) is 2.53. The van der Waals surface area contributed by atoms with Gasteiger partial charge in [0.2, 0.25) is 0 Å². The van der Waals surface area contributed by atoms with Crippen molar-refractivity contribution < 1.29 is 34.4 Å². The topological polar surface area (TPSA) is 121 Å². The van der Waals surface area contributed by atoms with E-state index in [0.29, 0.717) is 18.3 Å². The van der Waals surface area contributed by atoms with E-state index in [2.05, 4.69) is 27.7 Å². The molecule has 0 aliphatic heterocycles. The van der Waals surface area contributed by atoms with Crippen LogP contribution in [-0.4, -0.2) is 45.4 Å². The minimum atomic E-state index is -2.64. The molecule has 0 bridgehead atoms. The van der Waals surface area contributed by atoms with Crippen molar-refractivity contribution in [2.45, 2.75) is 91.1 Å². The lowest BCUT2D eigenvalue weighted by atomic mass is 9.93. The molecular weight excluding hydrogens is 364 g/mol. The Bertz CT molecular complexity index is 489. The van der Waals surface area contributed by atoms with Gasteiger partial charge in [-0.05, 0) is 24.2 Å². The van der Waals surface area contributed by atoms with Gasteiger partial charge in [-0.1, -0.05) is 66.2 Å². The van der Waals surface area contributed by atoms with Crippen LogP contribution < -0.4 is 0 Å². The van der Waals surface area contributed by atoms with E-state index in [1.54, 1.807) is 0 Å². The molecule has 0 aliphatic rings. The largest absolute Gasteiger partial charge is 0.481 e. The fourth-order valence-electron chi connectivity index (χ4n) is 3.11. The third-order valence-electron chi connectivity index (χ3n) is 5.02. The van der Waals surface area contributed by atoms with Crippen LogP contribution in [0.25, 0.3) is 0 Å². The molecule has 3 unspecified atom stereocenters. The maximum Gasteiger partial charge on any atom is 0.336 e. The van der Waals surface area contributed by atoms with E-state index in [1.807, 2.05) is 0 Å². The van der Waals surface area contributed by atoms with Gasteiger partial charge in [0.05, 0.1) is 19.4 Å². The SMILES string of the molecule is CC(C)CCCC(C)CCCC(C)CCOC(=O)CC(O)(CC(=O)O)C(=O)O. The lowest BCUT2D eigenvalue weighted by Crippen LogP contribution is -2.43. The second-order valence-electron chi connectivity index (χ2n) is 8.56. The van der Waals surface area contributed by atoms with Gasteiger partial charge in [-0.3, -0.25) is 9.59 Å². The summed E-state index contributed by atoms with van der Waals surface area (Å²) in [4.78, 5) is 33.4. The zero-order valence-corrected chi connectivity index (χ0v) is 17.8. The van der Waals surface area contributed by atoms with Crippen molar-refractivity contribution in [3.63, 3.8) is 0 Å². The average molecular weight is 403 g/mol. The monoisotopic (exact) mass is 402 g/mol.